The van der Waals surface area contributed by atoms with Crippen LogP contribution in [0.25, 0.3) is 10.6 Å². The lowest BCUT2D eigenvalue weighted by Gasteiger charge is -2.22. The van der Waals surface area contributed by atoms with Gasteiger partial charge in [-0.25, -0.2) is 4.98 Å². The first-order chi connectivity index (χ1) is 15.7. The van der Waals surface area contributed by atoms with E-state index in [-0.39, 0.29) is 17.6 Å². The number of aromatic nitrogens is 4. The number of nitrogens with one attached hydrogen (secondary N) is 2. The van der Waals surface area contributed by atoms with Crippen molar-refractivity contribution in [1.29, 1.82) is 0 Å². The second kappa shape index (κ2) is 10.6. The fourth-order valence-corrected chi connectivity index (χ4v) is 4.41. The van der Waals surface area contributed by atoms with E-state index in [4.69, 9.17) is 4.74 Å². The number of thiazole rings is 1. The summed E-state index contributed by atoms with van der Waals surface area (Å²) in [5.74, 6) is -0.370. The van der Waals surface area contributed by atoms with Gasteiger partial charge in [0.2, 0.25) is 0 Å². The normalized spacial score (nSPS) is 14.4. The number of hydrogen-bond acceptors (Lipinski definition) is 8. The molecule has 3 aromatic heterocycles. The van der Waals surface area contributed by atoms with E-state index >= 15 is 0 Å². The molecule has 4 rings (SSSR count). The summed E-state index contributed by atoms with van der Waals surface area (Å²) in [5, 5.41) is 12.7. The molecule has 0 unspecified atom stereocenters. The molecule has 2 N–H and O–H groups in total. The van der Waals surface area contributed by atoms with Gasteiger partial charge < -0.3 is 15.4 Å². The molecule has 10 heteroatoms. The molecule has 1 amide bonds. The quantitative estimate of drug-likeness (QED) is 0.378. The minimum atomic E-state index is -0.370. The highest BCUT2D eigenvalue weighted by atomic mass is 32.1. The Morgan fingerprint density at radius 3 is 3.00 bits per heavy atom. The summed E-state index contributed by atoms with van der Waals surface area (Å²) in [6.07, 6.45) is 7.66. The molecular weight excluding hydrogens is 428 g/mol. The minimum absolute atomic E-state index is 0.160. The number of amides is 1. The molecule has 0 atom stereocenters. The van der Waals surface area contributed by atoms with E-state index in [1.54, 1.807) is 22.5 Å². The van der Waals surface area contributed by atoms with Crippen molar-refractivity contribution in [3.63, 3.8) is 0 Å². The van der Waals surface area contributed by atoms with Crippen molar-refractivity contribution in [2.75, 3.05) is 32.1 Å². The smallest absolute Gasteiger partial charge is 0.275 e. The van der Waals surface area contributed by atoms with Gasteiger partial charge in [0.15, 0.2) is 6.29 Å². The largest absolute Gasteiger partial charge is 0.381 e. The van der Waals surface area contributed by atoms with Gasteiger partial charge in [0.25, 0.3) is 5.91 Å². The predicted octanol–water partition coefficient (Wildman–Crippen LogP) is 2.97. The maximum absolute atomic E-state index is 12.8. The number of carbonyl (C=O) groups excluding carboxylic acids is 2. The van der Waals surface area contributed by atoms with Gasteiger partial charge in [-0.2, -0.15) is 5.10 Å². The third kappa shape index (κ3) is 5.26. The zero-order valence-corrected chi connectivity index (χ0v) is 18.7. The van der Waals surface area contributed by atoms with Crippen molar-refractivity contribution >= 4 is 29.2 Å². The lowest BCUT2D eigenvalue weighted by Crippen LogP contribution is -2.20. The molecule has 168 valence electrons. The van der Waals surface area contributed by atoms with Crippen LogP contribution in [0.3, 0.4) is 0 Å². The molecule has 0 aliphatic carbocycles. The van der Waals surface area contributed by atoms with E-state index in [1.807, 2.05) is 19.2 Å². The van der Waals surface area contributed by atoms with Crippen molar-refractivity contribution < 1.29 is 14.3 Å². The van der Waals surface area contributed by atoms with Crippen LogP contribution >= 0.6 is 11.3 Å². The van der Waals surface area contributed by atoms with Gasteiger partial charge in [0.1, 0.15) is 16.4 Å². The van der Waals surface area contributed by atoms with Crippen LogP contribution in [0.4, 0.5) is 5.69 Å². The molecule has 0 spiro atoms. The molecule has 1 aliphatic rings. The molecule has 1 fully saturated rings. The Kier molecular flexibility index (Phi) is 7.35. The summed E-state index contributed by atoms with van der Waals surface area (Å²) in [6, 6.07) is 4.07. The fourth-order valence-electron chi connectivity index (χ4n) is 3.62. The molecule has 1 aliphatic heterocycles. The number of aldehydes is 1. The lowest BCUT2D eigenvalue weighted by molar-refractivity contribution is 0.0661. The van der Waals surface area contributed by atoms with Gasteiger partial charge >= 0.3 is 0 Å². The number of hydrogen-bond donors (Lipinski definition) is 2. The second-order valence-electron chi connectivity index (χ2n) is 7.60. The van der Waals surface area contributed by atoms with Crippen LogP contribution in [0, 0.1) is 0 Å². The summed E-state index contributed by atoms with van der Waals surface area (Å²) in [6.45, 7) is 2.26. The van der Waals surface area contributed by atoms with E-state index in [0.717, 1.165) is 48.5 Å². The summed E-state index contributed by atoms with van der Waals surface area (Å²) < 4.78 is 7.13. The van der Waals surface area contributed by atoms with Gasteiger partial charge in [-0.05, 0) is 51.4 Å². The van der Waals surface area contributed by atoms with Crippen LogP contribution in [-0.2, 0) is 11.2 Å². The number of pyridine rings is 1. The van der Waals surface area contributed by atoms with Crippen molar-refractivity contribution in [3.8, 4) is 10.6 Å². The summed E-state index contributed by atoms with van der Waals surface area (Å²) in [4.78, 5) is 33.2. The van der Waals surface area contributed by atoms with Gasteiger partial charge in [-0.3, -0.25) is 19.3 Å². The number of rotatable bonds is 9. The highest BCUT2D eigenvalue weighted by Crippen LogP contribution is 2.26. The number of ether oxygens (including phenoxy) is 1. The van der Waals surface area contributed by atoms with Crippen molar-refractivity contribution in [2.24, 2.45) is 0 Å². The monoisotopic (exact) mass is 454 g/mol. The highest BCUT2D eigenvalue weighted by molar-refractivity contribution is 7.13. The Bertz CT molecular complexity index is 1070. The Morgan fingerprint density at radius 2 is 2.22 bits per heavy atom. The SMILES string of the molecule is CNCCCc1cc(-c2nc(C(=O)Nc3cn(C4CCOCC4)nc3C=O)cs2)ccn1. The summed E-state index contributed by atoms with van der Waals surface area (Å²) in [7, 11) is 1.93. The van der Waals surface area contributed by atoms with E-state index in [9.17, 15) is 9.59 Å². The first-order valence-corrected chi connectivity index (χ1v) is 11.5. The Labute approximate surface area is 190 Å². The molecule has 0 saturated carbocycles. The van der Waals surface area contributed by atoms with Gasteiger partial charge in [-0.15, -0.1) is 11.3 Å². The van der Waals surface area contributed by atoms with Crippen LogP contribution in [0.1, 0.15) is 52.0 Å². The molecule has 32 heavy (non-hydrogen) atoms. The zero-order chi connectivity index (χ0) is 22.3. The van der Waals surface area contributed by atoms with E-state index in [0.29, 0.717) is 30.9 Å². The maximum atomic E-state index is 12.8. The molecular formula is C22H26N6O3S. The number of carbonyl (C=O) groups is 2. The highest BCUT2D eigenvalue weighted by Gasteiger charge is 2.21. The van der Waals surface area contributed by atoms with E-state index < -0.39 is 0 Å². The number of anilines is 1. The van der Waals surface area contributed by atoms with Gasteiger partial charge in [-0.1, -0.05) is 0 Å². The van der Waals surface area contributed by atoms with Crippen molar-refractivity contribution in [1.82, 2.24) is 25.1 Å². The standard InChI is InChI=1S/C22H26N6O3S/c1-23-7-2-3-16-11-15(4-8-24-16)22-26-20(14-32-22)21(30)25-18-12-28(27-19(18)13-29)17-5-9-31-10-6-17/h4,8,11-14,17,23H,2-3,5-7,9-10H2,1H3,(H,25,30). The predicted molar refractivity (Wildman–Crippen MR) is 122 cm³/mol. The van der Waals surface area contributed by atoms with Gasteiger partial charge in [0.05, 0.1) is 11.7 Å². The minimum Gasteiger partial charge on any atom is -0.381 e. The van der Waals surface area contributed by atoms with E-state index in [1.165, 1.54) is 11.3 Å². The Hall–Kier alpha value is -2.95. The number of aryl methyl sites for hydroxylation is 1. The third-order valence-corrected chi connectivity index (χ3v) is 6.24. The summed E-state index contributed by atoms with van der Waals surface area (Å²) in [5.41, 5.74) is 2.83. The molecule has 4 heterocycles. The summed E-state index contributed by atoms with van der Waals surface area (Å²) >= 11 is 1.40. The first kappa shape index (κ1) is 22.3. The van der Waals surface area contributed by atoms with Crippen molar-refractivity contribution in [2.45, 2.75) is 31.7 Å². The fraction of sp³-hybridized carbons (Fsp3) is 0.409. The molecule has 0 bridgehead atoms. The average Bonchev–Trinajstić information content (AvgIpc) is 3.48. The van der Waals surface area contributed by atoms with Crippen LogP contribution in [-0.4, -0.2) is 58.7 Å². The van der Waals surface area contributed by atoms with Crippen LogP contribution in [0.5, 0.6) is 0 Å². The van der Waals surface area contributed by atoms with Gasteiger partial charge in [0, 0.05) is 42.2 Å². The van der Waals surface area contributed by atoms with Crippen LogP contribution in [0.15, 0.2) is 29.9 Å². The Morgan fingerprint density at radius 1 is 1.38 bits per heavy atom. The second-order valence-corrected chi connectivity index (χ2v) is 8.46. The van der Waals surface area contributed by atoms with Crippen LogP contribution in [0.2, 0.25) is 0 Å². The van der Waals surface area contributed by atoms with Crippen molar-refractivity contribution in [3.05, 3.63) is 47.0 Å². The lowest BCUT2D eigenvalue weighted by atomic mass is 10.1. The molecule has 9 nitrogen and oxygen atoms in total. The molecule has 0 radical (unpaired) electrons. The van der Waals surface area contributed by atoms with Crippen LogP contribution < -0.4 is 10.6 Å². The van der Waals surface area contributed by atoms with E-state index in [2.05, 4.69) is 25.7 Å². The topological polar surface area (TPSA) is 111 Å². The Balaban J connectivity index is 1.46. The maximum Gasteiger partial charge on any atom is 0.275 e. The molecule has 3 aromatic rings. The zero-order valence-electron chi connectivity index (χ0n) is 17.9. The number of nitrogens with zero attached hydrogens (tertiary/aromatic N) is 4. The third-order valence-electron chi connectivity index (χ3n) is 5.35. The molecule has 1 saturated heterocycles. The average molecular weight is 455 g/mol. The first-order valence-electron chi connectivity index (χ1n) is 10.7. The molecule has 0 aromatic carbocycles.